The highest BCUT2D eigenvalue weighted by Gasteiger charge is 2.45. The largest absolute Gasteiger partial charge is 0.478 e. The SMILES string of the molecule is COCC1=C(C(=O)O)[C@H](c2ccc(F)c(F)c2)N(C(=O)NCCCN2CC=C(c3cccc(NC(C)=O)c3)CC2)C(=O)N1C. The Morgan fingerprint density at radius 3 is 2.52 bits per heavy atom. The predicted octanol–water partition coefficient (Wildman–Crippen LogP) is 4.21. The van der Waals surface area contributed by atoms with E-state index in [4.69, 9.17) is 4.74 Å². The van der Waals surface area contributed by atoms with Gasteiger partial charge in [-0.3, -0.25) is 14.6 Å². The molecule has 2 aromatic carbocycles. The molecular weight excluding hydrogens is 576 g/mol. The van der Waals surface area contributed by atoms with Gasteiger partial charge in [0.25, 0.3) is 0 Å². The summed E-state index contributed by atoms with van der Waals surface area (Å²) in [5, 5.41) is 15.6. The molecule has 234 valence electrons. The molecule has 13 heteroatoms. The van der Waals surface area contributed by atoms with Gasteiger partial charge in [0, 0.05) is 52.9 Å². The van der Waals surface area contributed by atoms with Crippen molar-refractivity contribution in [3.8, 4) is 0 Å². The van der Waals surface area contributed by atoms with Crippen LogP contribution in [0.2, 0.25) is 0 Å². The number of methoxy groups -OCH3 is 1. The lowest BCUT2D eigenvalue weighted by atomic mass is 9.93. The zero-order valence-electron chi connectivity index (χ0n) is 24.7. The third-order valence-corrected chi connectivity index (χ3v) is 7.50. The molecule has 5 amide bonds. The molecule has 0 saturated heterocycles. The van der Waals surface area contributed by atoms with E-state index in [0.717, 1.165) is 47.3 Å². The summed E-state index contributed by atoms with van der Waals surface area (Å²) in [6.45, 7) is 3.51. The number of aliphatic carboxylic acids is 1. The van der Waals surface area contributed by atoms with E-state index in [1.165, 1.54) is 26.7 Å². The van der Waals surface area contributed by atoms with E-state index in [1.54, 1.807) is 0 Å². The van der Waals surface area contributed by atoms with E-state index >= 15 is 0 Å². The van der Waals surface area contributed by atoms with Gasteiger partial charge in [-0.1, -0.05) is 24.3 Å². The minimum atomic E-state index is -1.52. The predicted molar refractivity (Wildman–Crippen MR) is 158 cm³/mol. The average molecular weight is 612 g/mol. The van der Waals surface area contributed by atoms with Gasteiger partial charge in [-0.2, -0.15) is 0 Å². The van der Waals surface area contributed by atoms with Gasteiger partial charge < -0.3 is 20.5 Å². The highest BCUT2D eigenvalue weighted by Crippen LogP contribution is 2.37. The van der Waals surface area contributed by atoms with Gasteiger partial charge in [0.15, 0.2) is 11.6 Å². The maximum atomic E-state index is 14.2. The second kappa shape index (κ2) is 14.2. The Morgan fingerprint density at radius 2 is 1.89 bits per heavy atom. The number of ether oxygens (including phenoxy) is 1. The monoisotopic (exact) mass is 611 g/mol. The fourth-order valence-electron chi connectivity index (χ4n) is 5.37. The van der Waals surface area contributed by atoms with Gasteiger partial charge in [0.1, 0.15) is 6.04 Å². The number of urea groups is 2. The number of halogens is 2. The van der Waals surface area contributed by atoms with E-state index in [-0.39, 0.29) is 35.9 Å². The number of imide groups is 1. The summed E-state index contributed by atoms with van der Waals surface area (Å²) < 4.78 is 33.0. The molecule has 0 bridgehead atoms. The number of benzene rings is 2. The molecule has 44 heavy (non-hydrogen) atoms. The van der Waals surface area contributed by atoms with Crippen LogP contribution in [0.1, 0.15) is 36.9 Å². The second-order valence-electron chi connectivity index (χ2n) is 10.5. The molecule has 0 aromatic heterocycles. The van der Waals surface area contributed by atoms with Crippen molar-refractivity contribution in [2.24, 2.45) is 0 Å². The summed E-state index contributed by atoms with van der Waals surface area (Å²) >= 11 is 0. The highest BCUT2D eigenvalue weighted by molar-refractivity contribution is 6.01. The van der Waals surface area contributed by atoms with Crippen LogP contribution in [0.4, 0.5) is 24.1 Å². The molecule has 11 nitrogen and oxygen atoms in total. The zero-order chi connectivity index (χ0) is 32.0. The normalized spacial score (nSPS) is 17.4. The number of likely N-dealkylation sites (N-methyl/N-ethyl adjacent to an activating group) is 1. The number of anilines is 1. The molecule has 0 fully saturated rings. The number of carboxylic acids is 1. The molecule has 0 saturated carbocycles. The summed E-state index contributed by atoms with van der Waals surface area (Å²) in [7, 11) is 2.64. The van der Waals surface area contributed by atoms with Crippen LogP contribution < -0.4 is 10.6 Å². The van der Waals surface area contributed by atoms with Crippen LogP contribution in [0.25, 0.3) is 5.57 Å². The van der Waals surface area contributed by atoms with Gasteiger partial charge in [0.05, 0.1) is 17.9 Å². The first-order valence-corrected chi connectivity index (χ1v) is 14.1. The first-order chi connectivity index (χ1) is 21.0. The van der Waals surface area contributed by atoms with Crippen LogP contribution in [0.5, 0.6) is 0 Å². The molecule has 3 N–H and O–H groups in total. The lowest BCUT2D eigenvalue weighted by molar-refractivity contribution is -0.133. The quantitative estimate of drug-likeness (QED) is 0.343. The third-order valence-electron chi connectivity index (χ3n) is 7.50. The van der Waals surface area contributed by atoms with Gasteiger partial charge in [0.2, 0.25) is 5.91 Å². The maximum absolute atomic E-state index is 14.2. The van der Waals surface area contributed by atoms with E-state index in [0.29, 0.717) is 24.4 Å². The van der Waals surface area contributed by atoms with Crippen molar-refractivity contribution in [3.63, 3.8) is 0 Å². The van der Waals surface area contributed by atoms with Crippen LogP contribution in [-0.2, 0) is 14.3 Å². The standard InChI is InChI=1S/C31H35F2N5O6/c1-19(39)35-23-7-4-6-21(16-23)20-10-14-37(15-11-20)13-5-12-34-30(42)38-28(22-8-9-24(32)25(33)17-22)27(29(40)41)26(18-44-3)36(2)31(38)43/h4,6-10,16-17,28H,5,11-15,18H2,1-3H3,(H,34,42)(H,35,39)(H,40,41)/t28-/m0/s1. The number of hydrogen-bond donors (Lipinski definition) is 3. The lowest BCUT2D eigenvalue weighted by Gasteiger charge is -2.40. The van der Waals surface area contributed by atoms with Crippen LogP contribution in [-0.4, -0.2) is 90.7 Å². The van der Waals surface area contributed by atoms with E-state index in [1.807, 2.05) is 24.3 Å². The van der Waals surface area contributed by atoms with Gasteiger partial charge in [-0.25, -0.2) is 28.1 Å². The molecule has 2 heterocycles. The molecule has 1 atom stereocenters. The highest BCUT2D eigenvalue weighted by atomic mass is 19.2. The minimum Gasteiger partial charge on any atom is -0.478 e. The third kappa shape index (κ3) is 7.29. The van der Waals surface area contributed by atoms with Crippen LogP contribution in [0, 0.1) is 11.6 Å². The summed E-state index contributed by atoms with van der Waals surface area (Å²) in [4.78, 5) is 54.4. The van der Waals surface area contributed by atoms with Crippen molar-refractivity contribution in [2.75, 3.05) is 52.3 Å². The van der Waals surface area contributed by atoms with Crippen LogP contribution in [0.15, 0.2) is 59.8 Å². The molecular formula is C31H35F2N5O6. The van der Waals surface area contributed by atoms with Gasteiger partial charge in [-0.05, 0) is 53.8 Å². The van der Waals surface area contributed by atoms with Crippen molar-refractivity contribution in [1.29, 1.82) is 0 Å². The van der Waals surface area contributed by atoms with Crippen molar-refractivity contribution in [2.45, 2.75) is 25.8 Å². The topological polar surface area (TPSA) is 132 Å². The molecule has 0 aliphatic carbocycles. The molecule has 2 aromatic rings. The molecule has 0 radical (unpaired) electrons. The number of carbonyl (C=O) groups is 4. The maximum Gasteiger partial charge on any atom is 0.335 e. The fourth-order valence-corrected chi connectivity index (χ4v) is 5.37. The second-order valence-corrected chi connectivity index (χ2v) is 10.5. The Hall–Kier alpha value is -4.62. The summed E-state index contributed by atoms with van der Waals surface area (Å²) in [5.41, 5.74) is 2.49. The molecule has 2 aliphatic heterocycles. The summed E-state index contributed by atoms with van der Waals surface area (Å²) in [6, 6.07) is 7.17. The smallest absolute Gasteiger partial charge is 0.335 e. The number of hydrogen-bond acceptors (Lipinski definition) is 6. The van der Waals surface area contributed by atoms with Crippen LogP contribution in [0.3, 0.4) is 0 Å². The first-order valence-electron chi connectivity index (χ1n) is 14.1. The minimum absolute atomic E-state index is 0.0110. The zero-order valence-corrected chi connectivity index (χ0v) is 24.7. The Labute approximate surface area is 253 Å². The van der Waals surface area contributed by atoms with Crippen molar-refractivity contribution >= 4 is 35.2 Å². The summed E-state index contributed by atoms with van der Waals surface area (Å²) in [5.74, 6) is -3.97. The molecule has 0 unspecified atom stereocenters. The number of carboxylic acid groups (broad SMARTS) is 1. The summed E-state index contributed by atoms with van der Waals surface area (Å²) in [6.07, 6.45) is 3.46. The molecule has 0 spiro atoms. The number of carbonyl (C=O) groups excluding carboxylic acids is 3. The van der Waals surface area contributed by atoms with E-state index in [9.17, 15) is 33.1 Å². The van der Waals surface area contributed by atoms with E-state index < -0.39 is 35.7 Å². The Balaban J connectivity index is 1.42. The van der Waals surface area contributed by atoms with Crippen molar-refractivity contribution in [1.82, 2.24) is 20.0 Å². The fraction of sp³-hybridized carbons (Fsp3) is 0.355. The van der Waals surface area contributed by atoms with Gasteiger partial charge >= 0.3 is 18.0 Å². The average Bonchev–Trinajstić information content (AvgIpc) is 2.99. The van der Waals surface area contributed by atoms with Gasteiger partial charge in [-0.15, -0.1) is 0 Å². The van der Waals surface area contributed by atoms with Crippen LogP contribution >= 0.6 is 0 Å². The number of amides is 5. The van der Waals surface area contributed by atoms with Crippen molar-refractivity contribution in [3.05, 3.63) is 82.6 Å². The first kappa shape index (κ1) is 32.3. The molecule has 2 aliphatic rings. The number of nitrogens with zero attached hydrogens (tertiary/aromatic N) is 3. The Morgan fingerprint density at radius 1 is 1.11 bits per heavy atom. The number of nitrogens with one attached hydrogen (secondary N) is 2. The van der Waals surface area contributed by atoms with E-state index in [2.05, 4.69) is 21.6 Å². The Kier molecular flexibility index (Phi) is 10.4. The Bertz CT molecular complexity index is 1510. The number of rotatable bonds is 10. The van der Waals surface area contributed by atoms with Crippen molar-refractivity contribution < 1.29 is 37.8 Å². The molecule has 4 rings (SSSR count). The lowest BCUT2D eigenvalue weighted by Crippen LogP contribution is -2.55.